The summed E-state index contributed by atoms with van der Waals surface area (Å²) in [6.45, 7) is 1.77. The predicted octanol–water partition coefficient (Wildman–Crippen LogP) is 6.97. The zero-order valence-electron chi connectivity index (χ0n) is 15.7. The Morgan fingerprint density at radius 1 is 1.00 bits per heavy atom. The van der Waals surface area contributed by atoms with Gasteiger partial charge in [0.2, 0.25) is 0 Å². The number of carbonyl (C=O) groups is 1. The molecule has 3 aromatic carbocycles. The Bertz CT molecular complexity index is 1020. The lowest BCUT2D eigenvalue weighted by Crippen LogP contribution is -2.09. The van der Waals surface area contributed by atoms with Crippen LogP contribution in [0.5, 0.6) is 11.5 Å². The van der Waals surface area contributed by atoms with Crippen LogP contribution in [-0.2, 0) is 11.2 Å². The maximum absolute atomic E-state index is 11.4. The normalized spacial score (nSPS) is 10.8. The van der Waals surface area contributed by atoms with Crippen molar-refractivity contribution in [3.05, 3.63) is 80.8 Å². The molecule has 0 aliphatic carbocycles. The number of hydrogen-bond acceptors (Lipinski definition) is 3. The Hall–Kier alpha value is -2.20. The molecule has 0 saturated heterocycles. The van der Waals surface area contributed by atoms with Gasteiger partial charge in [-0.2, -0.15) is 0 Å². The minimum absolute atomic E-state index is 0.000963. The molecule has 0 aromatic heterocycles. The van der Waals surface area contributed by atoms with E-state index in [1.165, 1.54) is 0 Å². The van der Waals surface area contributed by atoms with Crippen molar-refractivity contribution in [2.24, 2.45) is 0 Å². The number of benzene rings is 3. The van der Waals surface area contributed by atoms with Crippen LogP contribution in [-0.4, -0.2) is 17.5 Å². The van der Waals surface area contributed by atoms with Crippen LogP contribution in [0.1, 0.15) is 24.5 Å². The number of carbonyl (C=O) groups excluding carboxylic acids is 1. The summed E-state index contributed by atoms with van der Waals surface area (Å²) >= 11 is 18.9. The molecule has 150 valence electrons. The van der Waals surface area contributed by atoms with Crippen LogP contribution in [0.25, 0.3) is 11.1 Å². The van der Waals surface area contributed by atoms with Crippen molar-refractivity contribution < 1.29 is 14.6 Å². The van der Waals surface area contributed by atoms with Gasteiger partial charge in [0.15, 0.2) is 5.78 Å². The number of aromatic hydroxyl groups is 1. The van der Waals surface area contributed by atoms with E-state index in [9.17, 15) is 9.90 Å². The quantitative estimate of drug-likeness (QED) is 0.424. The Labute approximate surface area is 184 Å². The van der Waals surface area contributed by atoms with Crippen LogP contribution < -0.4 is 4.74 Å². The van der Waals surface area contributed by atoms with Crippen molar-refractivity contribution >= 4 is 40.6 Å². The zero-order valence-corrected chi connectivity index (χ0v) is 18.0. The van der Waals surface area contributed by atoms with E-state index in [1.807, 2.05) is 24.3 Å². The first-order valence-corrected chi connectivity index (χ1v) is 10.2. The molecule has 0 spiro atoms. The third-order valence-electron chi connectivity index (χ3n) is 4.49. The molecular formula is C23H19Cl3O3. The fourth-order valence-electron chi connectivity index (χ4n) is 2.88. The number of ether oxygens (including phenoxy) is 1. The van der Waals surface area contributed by atoms with E-state index >= 15 is 0 Å². The zero-order chi connectivity index (χ0) is 21.0. The van der Waals surface area contributed by atoms with E-state index in [-0.39, 0.29) is 18.1 Å². The average Bonchev–Trinajstić information content (AvgIpc) is 2.70. The van der Waals surface area contributed by atoms with Crippen molar-refractivity contribution in [3.8, 4) is 22.6 Å². The molecule has 0 amide bonds. The predicted molar refractivity (Wildman–Crippen MR) is 119 cm³/mol. The van der Waals surface area contributed by atoms with Gasteiger partial charge in [0.05, 0.1) is 0 Å². The van der Waals surface area contributed by atoms with E-state index in [0.717, 1.165) is 16.7 Å². The number of Topliss-reactive ketones (excluding diaryl/α,β-unsaturated/α-hetero) is 1. The topological polar surface area (TPSA) is 46.5 Å². The van der Waals surface area contributed by atoms with Gasteiger partial charge < -0.3 is 9.84 Å². The van der Waals surface area contributed by atoms with E-state index < -0.39 is 0 Å². The molecule has 0 saturated carbocycles. The third-order valence-corrected chi connectivity index (χ3v) is 5.40. The summed E-state index contributed by atoms with van der Waals surface area (Å²) in [5.41, 5.74) is 3.16. The summed E-state index contributed by atoms with van der Waals surface area (Å²) in [6, 6.07) is 16.0. The summed E-state index contributed by atoms with van der Waals surface area (Å²) < 4.78 is 5.47. The number of phenols is 1. The SMILES string of the molecule is CCC(=O)COc1cc(Cl)c(Cc2ccc(O)c(-c3cccc(Cl)c3)c2)c(Cl)c1. The highest BCUT2D eigenvalue weighted by Crippen LogP contribution is 2.35. The number of halogens is 3. The van der Waals surface area contributed by atoms with Crippen molar-refractivity contribution in [1.29, 1.82) is 0 Å². The van der Waals surface area contributed by atoms with Crippen molar-refractivity contribution in [2.45, 2.75) is 19.8 Å². The first-order valence-electron chi connectivity index (χ1n) is 9.07. The van der Waals surface area contributed by atoms with E-state index in [4.69, 9.17) is 39.5 Å². The molecule has 0 unspecified atom stereocenters. The van der Waals surface area contributed by atoms with Crippen LogP contribution in [0.4, 0.5) is 0 Å². The van der Waals surface area contributed by atoms with Gasteiger partial charge in [-0.25, -0.2) is 0 Å². The fourth-order valence-corrected chi connectivity index (χ4v) is 3.67. The Balaban J connectivity index is 1.86. The largest absolute Gasteiger partial charge is 0.507 e. The number of hydrogen-bond donors (Lipinski definition) is 1. The first kappa shape index (κ1) is 21.5. The second-order valence-corrected chi connectivity index (χ2v) is 7.84. The molecule has 29 heavy (non-hydrogen) atoms. The molecule has 3 nitrogen and oxygen atoms in total. The molecule has 3 aromatic rings. The van der Waals surface area contributed by atoms with Crippen LogP contribution in [0.2, 0.25) is 15.1 Å². The number of phenolic OH excluding ortho intramolecular Hbond substituents is 1. The Morgan fingerprint density at radius 2 is 1.72 bits per heavy atom. The highest BCUT2D eigenvalue weighted by Gasteiger charge is 2.13. The summed E-state index contributed by atoms with van der Waals surface area (Å²) in [5.74, 6) is 0.618. The molecular weight excluding hydrogens is 431 g/mol. The molecule has 3 rings (SSSR count). The summed E-state index contributed by atoms with van der Waals surface area (Å²) in [6.07, 6.45) is 0.884. The molecule has 0 fully saturated rings. The van der Waals surface area contributed by atoms with Crippen LogP contribution in [0.3, 0.4) is 0 Å². The second kappa shape index (κ2) is 9.53. The van der Waals surface area contributed by atoms with Gasteiger partial charge in [-0.15, -0.1) is 0 Å². The molecule has 0 heterocycles. The van der Waals surface area contributed by atoms with E-state index in [0.29, 0.717) is 39.2 Å². The Kier molecular flexibility index (Phi) is 7.07. The number of ketones is 1. The van der Waals surface area contributed by atoms with Crippen molar-refractivity contribution in [3.63, 3.8) is 0 Å². The van der Waals surface area contributed by atoms with Crippen LogP contribution in [0, 0.1) is 0 Å². The lowest BCUT2D eigenvalue weighted by Gasteiger charge is -2.13. The van der Waals surface area contributed by atoms with E-state index in [2.05, 4.69) is 0 Å². The van der Waals surface area contributed by atoms with Gasteiger partial charge in [-0.3, -0.25) is 4.79 Å². The molecule has 0 bridgehead atoms. The van der Waals surface area contributed by atoms with E-state index in [1.54, 1.807) is 37.3 Å². The van der Waals surface area contributed by atoms with Crippen LogP contribution in [0.15, 0.2) is 54.6 Å². The Morgan fingerprint density at radius 3 is 2.38 bits per heavy atom. The van der Waals surface area contributed by atoms with Crippen molar-refractivity contribution in [1.82, 2.24) is 0 Å². The van der Waals surface area contributed by atoms with Crippen LogP contribution >= 0.6 is 34.8 Å². The summed E-state index contributed by atoms with van der Waals surface area (Å²) in [4.78, 5) is 11.4. The smallest absolute Gasteiger partial charge is 0.169 e. The highest BCUT2D eigenvalue weighted by atomic mass is 35.5. The average molecular weight is 450 g/mol. The summed E-state index contributed by atoms with van der Waals surface area (Å²) in [5, 5.41) is 11.8. The molecule has 0 aliphatic heterocycles. The standard InChI is InChI=1S/C23H19Cl3O3/c1-2-17(27)13-29-18-11-21(25)20(22(26)12-18)9-14-6-7-23(28)19(8-14)15-4-3-5-16(24)10-15/h3-8,10-12,28H,2,9,13H2,1H3. The second-order valence-electron chi connectivity index (χ2n) is 6.59. The maximum Gasteiger partial charge on any atom is 0.169 e. The van der Waals surface area contributed by atoms with Crippen molar-refractivity contribution in [2.75, 3.05) is 6.61 Å². The minimum Gasteiger partial charge on any atom is -0.507 e. The molecule has 0 radical (unpaired) electrons. The monoisotopic (exact) mass is 448 g/mol. The minimum atomic E-state index is -0.0105. The first-order chi connectivity index (χ1) is 13.9. The highest BCUT2D eigenvalue weighted by molar-refractivity contribution is 6.36. The molecule has 0 aliphatic rings. The van der Waals surface area contributed by atoms with Gasteiger partial charge in [0, 0.05) is 33.5 Å². The maximum atomic E-state index is 11.4. The molecule has 0 atom stereocenters. The van der Waals surface area contributed by atoms with Gasteiger partial charge in [0.25, 0.3) is 0 Å². The van der Waals surface area contributed by atoms with Gasteiger partial charge in [-0.1, -0.05) is 59.9 Å². The molecule has 6 heteroatoms. The number of rotatable bonds is 7. The summed E-state index contributed by atoms with van der Waals surface area (Å²) in [7, 11) is 0. The lowest BCUT2D eigenvalue weighted by atomic mass is 9.98. The third kappa shape index (κ3) is 5.45. The van der Waals surface area contributed by atoms with Gasteiger partial charge in [0.1, 0.15) is 18.1 Å². The van der Waals surface area contributed by atoms with Gasteiger partial charge >= 0.3 is 0 Å². The van der Waals surface area contributed by atoms with Gasteiger partial charge in [-0.05, 0) is 53.1 Å². The molecule has 1 N–H and O–H groups in total. The lowest BCUT2D eigenvalue weighted by molar-refractivity contribution is -0.120. The fraction of sp³-hybridized carbons (Fsp3) is 0.174.